The zero-order valence-corrected chi connectivity index (χ0v) is 50.8. The van der Waals surface area contributed by atoms with Crippen LogP contribution in [0, 0.1) is 11.8 Å². The van der Waals surface area contributed by atoms with Crippen LogP contribution in [-0.2, 0) is 60.3 Å². The monoisotopic (exact) mass is 1280 g/mol. The van der Waals surface area contributed by atoms with Crippen molar-refractivity contribution in [2.24, 2.45) is 17.6 Å². The van der Waals surface area contributed by atoms with Crippen molar-refractivity contribution in [3.8, 4) is 5.75 Å². The average Bonchev–Trinajstić information content (AvgIpc) is 1.92. The largest absolute Gasteiger partial charge is 0.495 e. The number of alkyl halides is 4. The van der Waals surface area contributed by atoms with Crippen LogP contribution >= 0.6 is 27.5 Å². The van der Waals surface area contributed by atoms with Crippen LogP contribution in [0.2, 0.25) is 5.02 Å². The second kappa shape index (κ2) is 30.5. The van der Waals surface area contributed by atoms with E-state index in [1.807, 2.05) is 6.92 Å². The number of ether oxygens (including phenoxy) is 6. The predicted molar refractivity (Wildman–Crippen MR) is 311 cm³/mol. The van der Waals surface area contributed by atoms with Gasteiger partial charge in [0.05, 0.1) is 55.3 Å². The van der Waals surface area contributed by atoms with Gasteiger partial charge in [-0.05, 0) is 94.2 Å². The number of primary amides is 1. The van der Waals surface area contributed by atoms with E-state index in [1.165, 1.54) is 33.1 Å². The van der Waals surface area contributed by atoms with E-state index >= 15 is 13.2 Å². The molecule has 2 fully saturated rings. The first-order valence-electron chi connectivity index (χ1n) is 27.3. The van der Waals surface area contributed by atoms with Gasteiger partial charge in [-0.2, -0.15) is 13.2 Å². The molecule has 0 saturated carbocycles. The number of hydrogen-bond donors (Lipinski definition) is 8. The highest BCUT2D eigenvalue weighted by molar-refractivity contribution is 9.09. The standard InChI is InChI=1S/C57H75BrClF3N8O15/c1-30(2)47(65-36(29-71)15-10-11-21-82-51(75)32(4)28-58)50(74)68-39(16-13-20-64-52(63)76)49(73)67-38-19-18-35(25-37(38)57(60,61)62)66-53(77)84-44-26-45(72)70(7)40-23-34(24-41(80-8)46(40)59)22-31(3)14-12-17-43(81-9)56(79)27-42(83-54(78)69-56)33(5)48-55(44,6)85-48/h12,14,17-19,23-25,29-30,33,36,39,42-44,47-48,65,79H,4,10-11,13,15-16,20-22,26-28H2,1-3,5-9H3,(H,66,77)(H,67,73)(H,68,74)(H,69,78)(H3,63,64,76)/b17-12+,31-14+/t33-,36?,39+,42+,43-,44+,47+,48+,55+,56+/m1/s1. The lowest BCUT2D eigenvalue weighted by Crippen LogP contribution is -2.63. The van der Waals surface area contributed by atoms with E-state index in [9.17, 15) is 43.5 Å². The predicted octanol–water partition coefficient (Wildman–Crippen LogP) is 7.11. The maximum absolute atomic E-state index is 15.0. The van der Waals surface area contributed by atoms with Gasteiger partial charge < -0.3 is 64.9 Å². The lowest BCUT2D eigenvalue weighted by atomic mass is 9.83. The number of nitrogens with zero attached hydrogens (tertiary/aromatic N) is 1. The fourth-order valence-corrected chi connectivity index (χ4v) is 10.4. The van der Waals surface area contributed by atoms with Gasteiger partial charge in [0.1, 0.15) is 47.0 Å². The molecular formula is C57H75BrClF3N8O15. The van der Waals surface area contributed by atoms with Crippen molar-refractivity contribution < 1.29 is 85.1 Å². The molecule has 23 nitrogen and oxygen atoms in total. The molecule has 2 aromatic rings. The summed E-state index contributed by atoms with van der Waals surface area (Å²) in [5.41, 5.74) is 0.971. The number of esters is 1. The van der Waals surface area contributed by atoms with Gasteiger partial charge in [-0.25, -0.2) is 19.2 Å². The van der Waals surface area contributed by atoms with Gasteiger partial charge in [-0.1, -0.05) is 78.7 Å². The molecule has 0 aromatic heterocycles. The lowest BCUT2D eigenvalue weighted by molar-refractivity contribution is -0.142. The second-order valence-electron chi connectivity index (χ2n) is 21.6. The molecule has 0 aliphatic carbocycles. The van der Waals surface area contributed by atoms with Crippen LogP contribution in [0.15, 0.2) is 66.3 Å². The van der Waals surface area contributed by atoms with Crippen LogP contribution < -0.4 is 47.3 Å². The molecule has 3 aliphatic heterocycles. The number of rotatable bonds is 23. The summed E-state index contributed by atoms with van der Waals surface area (Å²) < 4.78 is 79.2. The fourth-order valence-electron chi connectivity index (χ4n) is 9.90. The number of halogens is 5. The number of aldehydes is 1. The van der Waals surface area contributed by atoms with Crippen molar-refractivity contribution in [2.45, 2.75) is 146 Å². The maximum Gasteiger partial charge on any atom is 0.418 e. The van der Waals surface area contributed by atoms with Gasteiger partial charge in [0.15, 0.2) is 5.72 Å². The summed E-state index contributed by atoms with van der Waals surface area (Å²) in [6.45, 7) is 11.9. The van der Waals surface area contributed by atoms with Gasteiger partial charge in [0.25, 0.3) is 0 Å². The third-order valence-corrected chi connectivity index (χ3v) is 15.8. The van der Waals surface area contributed by atoms with E-state index < -0.39 is 137 Å². The number of alkyl carbamates (subject to hydrolysis) is 1. The van der Waals surface area contributed by atoms with Crippen molar-refractivity contribution in [1.82, 2.24) is 21.3 Å². The Morgan fingerprint density at radius 1 is 1.07 bits per heavy atom. The van der Waals surface area contributed by atoms with E-state index in [4.69, 9.17) is 45.8 Å². The molecule has 2 aromatic carbocycles. The quantitative estimate of drug-likeness (QED) is 0.0105. The highest BCUT2D eigenvalue weighted by atomic mass is 79.9. The summed E-state index contributed by atoms with van der Waals surface area (Å²) in [6, 6.07) is 1.45. The van der Waals surface area contributed by atoms with Crippen LogP contribution in [0.25, 0.3) is 0 Å². The van der Waals surface area contributed by atoms with Crippen LogP contribution in [0.1, 0.15) is 90.7 Å². The van der Waals surface area contributed by atoms with E-state index in [0.29, 0.717) is 37.2 Å². The number of hydrogen-bond acceptors (Lipinski definition) is 16. The minimum atomic E-state index is -5.18. The highest BCUT2D eigenvalue weighted by Gasteiger charge is 2.64. The van der Waals surface area contributed by atoms with E-state index in [1.54, 1.807) is 51.1 Å². The van der Waals surface area contributed by atoms with Crippen molar-refractivity contribution in [3.05, 3.63) is 82.4 Å². The SMILES string of the molecule is C=C(CBr)C(=O)OCCCCC(C=O)N[C@H](C(=O)N[C@@H](CCCNC(N)=O)C(=O)Nc1ccc(NC(=O)O[C@H]2CC(=O)N(C)c3cc(cc(OC)c3Cl)C/C(C)=C/C=C/[C@@H](OC)[C@@]3(O)C[C@H](OC(=O)N3)[C@@H](C)[C@@H]3O[C@@]23C)cc1C(F)(F)F)C(C)C. The van der Waals surface area contributed by atoms with E-state index in [2.05, 4.69) is 54.4 Å². The highest BCUT2D eigenvalue weighted by Crippen LogP contribution is 2.49. The third-order valence-electron chi connectivity index (χ3n) is 14.7. The number of urea groups is 1. The van der Waals surface area contributed by atoms with E-state index in [-0.39, 0.29) is 66.2 Å². The molecule has 0 spiro atoms. The molecule has 468 valence electrons. The molecule has 2 saturated heterocycles. The summed E-state index contributed by atoms with van der Waals surface area (Å²) in [6.07, 6.45) is -6.02. The Balaban J connectivity index is 1.40. The molecule has 5 rings (SSSR count). The number of nitrogens with one attached hydrogen (secondary N) is 6. The summed E-state index contributed by atoms with van der Waals surface area (Å²) >= 11 is 9.92. The molecule has 7 amide bonds. The Hall–Kier alpha value is -6.78. The zero-order chi connectivity index (χ0) is 63.1. The zero-order valence-electron chi connectivity index (χ0n) is 48.5. The van der Waals surface area contributed by atoms with E-state index in [0.717, 1.165) is 17.7 Å². The average molecular weight is 1280 g/mol. The van der Waals surface area contributed by atoms with Crippen LogP contribution in [0.4, 0.5) is 44.6 Å². The first-order chi connectivity index (χ1) is 40.0. The maximum atomic E-state index is 15.0. The number of anilines is 3. The number of fused-ring (bicyclic) bond motifs is 5. The molecule has 3 aliphatic rings. The first kappa shape index (κ1) is 69.0. The van der Waals surface area contributed by atoms with Crippen LogP contribution in [0.3, 0.4) is 0 Å². The van der Waals surface area contributed by atoms with Gasteiger partial charge in [0.2, 0.25) is 17.7 Å². The Labute approximate surface area is 504 Å². The molecule has 0 radical (unpaired) electrons. The summed E-state index contributed by atoms with van der Waals surface area (Å²) in [5.74, 6) is -4.09. The lowest BCUT2D eigenvalue weighted by Gasteiger charge is -2.42. The first-order valence-corrected chi connectivity index (χ1v) is 28.8. The Morgan fingerprint density at radius 3 is 2.42 bits per heavy atom. The summed E-state index contributed by atoms with van der Waals surface area (Å²) in [7, 11) is 4.20. The molecule has 9 N–H and O–H groups in total. The number of unbranched alkanes of at least 4 members (excludes halogenated alkanes) is 1. The Morgan fingerprint density at radius 2 is 1.79 bits per heavy atom. The van der Waals surface area contributed by atoms with Crippen LogP contribution in [-0.4, -0.2) is 147 Å². The summed E-state index contributed by atoms with van der Waals surface area (Å²) in [4.78, 5) is 106. The Bertz CT molecular complexity index is 2860. The van der Waals surface area contributed by atoms with Crippen LogP contribution in [0.5, 0.6) is 5.75 Å². The number of nitrogens with two attached hydrogens (primary N) is 1. The number of carbonyl (C=O) groups is 8. The molecule has 3 heterocycles. The number of allylic oxidation sites excluding steroid dienone is 3. The van der Waals surface area contributed by atoms with Crippen molar-refractivity contribution >= 4 is 92.8 Å². The molecule has 10 atom stereocenters. The molecule has 1 unspecified atom stereocenters. The minimum Gasteiger partial charge on any atom is -0.495 e. The molecule has 28 heteroatoms. The van der Waals surface area contributed by atoms with Crippen molar-refractivity contribution in [3.63, 3.8) is 0 Å². The number of amides is 7. The van der Waals surface area contributed by atoms with Gasteiger partial charge >= 0.3 is 30.4 Å². The normalized spacial score (nSPS) is 24.5. The van der Waals surface area contributed by atoms with Gasteiger partial charge in [-0.3, -0.25) is 30.3 Å². The number of benzene rings is 2. The fraction of sp³-hybridized carbons (Fsp3) is 0.544. The third kappa shape index (κ3) is 18.9. The number of aliphatic hydroxyl groups is 1. The second-order valence-corrected chi connectivity index (χ2v) is 22.5. The molecule has 4 bridgehead atoms. The number of epoxide rings is 1. The van der Waals surface area contributed by atoms with Gasteiger partial charge in [0, 0.05) is 49.6 Å². The van der Waals surface area contributed by atoms with Crippen molar-refractivity contribution in [2.75, 3.05) is 55.3 Å². The molecule has 85 heavy (non-hydrogen) atoms. The Kier molecular flexibility index (Phi) is 24.8. The number of methoxy groups -OCH3 is 2. The summed E-state index contributed by atoms with van der Waals surface area (Å²) in [5, 5.41) is 27.1. The molecular weight excluding hydrogens is 1210 g/mol. The topological polar surface area (TPSA) is 317 Å². The number of carbonyl (C=O) groups excluding carboxylic acids is 8. The smallest absolute Gasteiger partial charge is 0.418 e. The minimum absolute atomic E-state index is 0.0179. The van der Waals surface area contributed by atoms with Crippen molar-refractivity contribution in [1.29, 1.82) is 0 Å². The van der Waals surface area contributed by atoms with Gasteiger partial charge in [-0.15, -0.1) is 0 Å².